The number of hydrogen-bond acceptors (Lipinski definition) is 2. The first-order valence-corrected chi connectivity index (χ1v) is 7.22. The number of rotatable bonds is 3. The number of hydrogen-bond donors (Lipinski definition) is 0. The molecule has 0 amide bonds. The molecule has 1 aliphatic rings. The Bertz CT molecular complexity index is 671. The molecule has 0 spiro atoms. The van der Waals surface area contributed by atoms with E-state index < -0.39 is 0 Å². The van der Waals surface area contributed by atoms with Crippen LogP contribution in [0.4, 0.5) is 0 Å². The van der Waals surface area contributed by atoms with Gasteiger partial charge in [-0.3, -0.25) is 4.79 Å². The van der Waals surface area contributed by atoms with Crippen molar-refractivity contribution in [2.75, 3.05) is 7.11 Å². The lowest BCUT2D eigenvalue weighted by molar-refractivity contribution is -0.114. The van der Waals surface area contributed by atoms with Crippen LogP contribution in [-0.4, -0.2) is 12.9 Å². The molecule has 21 heavy (non-hydrogen) atoms. The van der Waals surface area contributed by atoms with Crippen LogP contribution in [-0.2, 0) is 4.79 Å². The Morgan fingerprint density at radius 1 is 1.00 bits per heavy atom. The van der Waals surface area contributed by atoms with Gasteiger partial charge in [-0.05, 0) is 29.7 Å². The van der Waals surface area contributed by atoms with Gasteiger partial charge >= 0.3 is 0 Å². The molecule has 0 bridgehead atoms. The first-order chi connectivity index (χ1) is 10.3. The maximum absolute atomic E-state index is 11.9. The third-order valence-corrected chi connectivity index (χ3v) is 3.99. The number of benzene rings is 2. The molecular weight excluding hydrogens is 260 g/mol. The molecular formula is C19H18O2. The van der Waals surface area contributed by atoms with E-state index in [2.05, 4.69) is 18.2 Å². The van der Waals surface area contributed by atoms with E-state index in [1.807, 2.05) is 36.4 Å². The van der Waals surface area contributed by atoms with Crippen molar-refractivity contribution < 1.29 is 9.53 Å². The van der Waals surface area contributed by atoms with Crippen molar-refractivity contribution in [3.05, 3.63) is 71.8 Å². The van der Waals surface area contributed by atoms with Crippen LogP contribution in [0.25, 0.3) is 5.57 Å². The topological polar surface area (TPSA) is 26.3 Å². The average Bonchev–Trinajstić information content (AvgIpc) is 2.55. The van der Waals surface area contributed by atoms with E-state index in [4.69, 9.17) is 4.74 Å². The molecule has 2 aromatic carbocycles. The normalized spacial score (nSPS) is 18.2. The van der Waals surface area contributed by atoms with E-state index in [0.717, 1.165) is 28.9 Å². The molecule has 0 saturated heterocycles. The summed E-state index contributed by atoms with van der Waals surface area (Å²) in [7, 11) is 1.69. The SMILES string of the molecule is COc1ccccc1[C@H]1CCC(=O)C=C1c1ccccc1. The maximum Gasteiger partial charge on any atom is 0.156 e. The van der Waals surface area contributed by atoms with Gasteiger partial charge in [-0.15, -0.1) is 0 Å². The smallest absolute Gasteiger partial charge is 0.156 e. The number of carbonyl (C=O) groups is 1. The monoisotopic (exact) mass is 278 g/mol. The molecule has 2 heteroatoms. The zero-order chi connectivity index (χ0) is 14.7. The first kappa shape index (κ1) is 13.6. The van der Waals surface area contributed by atoms with Crippen molar-refractivity contribution in [1.29, 1.82) is 0 Å². The summed E-state index contributed by atoms with van der Waals surface area (Å²) in [4.78, 5) is 11.9. The molecule has 1 aliphatic carbocycles. The summed E-state index contributed by atoms with van der Waals surface area (Å²) < 4.78 is 5.50. The van der Waals surface area contributed by atoms with E-state index in [1.54, 1.807) is 13.2 Å². The fourth-order valence-corrected chi connectivity index (χ4v) is 2.98. The number of allylic oxidation sites excluding steroid dienone is 2. The predicted molar refractivity (Wildman–Crippen MR) is 84.4 cm³/mol. The Balaban J connectivity index is 2.08. The number of methoxy groups -OCH3 is 1. The van der Waals surface area contributed by atoms with Gasteiger partial charge in [0.1, 0.15) is 5.75 Å². The highest BCUT2D eigenvalue weighted by Crippen LogP contribution is 2.42. The molecule has 0 fully saturated rings. The fourth-order valence-electron chi connectivity index (χ4n) is 2.98. The highest BCUT2D eigenvalue weighted by molar-refractivity contribution is 6.00. The van der Waals surface area contributed by atoms with Crippen molar-refractivity contribution in [1.82, 2.24) is 0 Å². The Hall–Kier alpha value is -2.35. The Kier molecular flexibility index (Phi) is 3.87. The highest BCUT2D eigenvalue weighted by atomic mass is 16.5. The predicted octanol–water partition coefficient (Wildman–Crippen LogP) is 4.23. The zero-order valence-electron chi connectivity index (χ0n) is 12.1. The van der Waals surface area contributed by atoms with E-state index in [9.17, 15) is 4.79 Å². The van der Waals surface area contributed by atoms with E-state index in [-0.39, 0.29) is 11.7 Å². The number of ketones is 1. The van der Waals surface area contributed by atoms with Gasteiger partial charge in [0.2, 0.25) is 0 Å². The zero-order valence-corrected chi connectivity index (χ0v) is 12.1. The molecule has 2 nitrogen and oxygen atoms in total. The van der Waals surface area contributed by atoms with Crippen LogP contribution >= 0.6 is 0 Å². The van der Waals surface area contributed by atoms with Crippen LogP contribution in [0.1, 0.15) is 29.9 Å². The molecule has 0 N–H and O–H groups in total. The summed E-state index contributed by atoms with van der Waals surface area (Å²) in [5.74, 6) is 1.31. The standard InChI is InChI=1S/C19H18O2/c1-21-19-10-6-5-9-17(19)16-12-11-15(20)13-18(16)14-7-3-2-4-8-14/h2-10,13,16H,11-12H2,1H3/t16-/m1/s1. The summed E-state index contributed by atoms with van der Waals surface area (Å²) in [6.07, 6.45) is 3.23. The Labute approximate surface area is 125 Å². The molecule has 0 saturated carbocycles. The molecule has 0 unspecified atom stereocenters. The van der Waals surface area contributed by atoms with Gasteiger partial charge in [0.15, 0.2) is 5.78 Å². The molecule has 0 heterocycles. The third kappa shape index (κ3) is 2.75. The van der Waals surface area contributed by atoms with Gasteiger partial charge in [0, 0.05) is 17.9 Å². The van der Waals surface area contributed by atoms with Crippen molar-refractivity contribution in [3.8, 4) is 5.75 Å². The lowest BCUT2D eigenvalue weighted by Gasteiger charge is -2.26. The summed E-state index contributed by atoms with van der Waals surface area (Å²) in [5.41, 5.74) is 3.36. The number of carbonyl (C=O) groups excluding carboxylic acids is 1. The van der Waals surface area contributed by atoms with Crippen molar-refractivity contribution in [2.45, 2.75) is 18.8 Å². The molecule has 1 atom stereocenters. The molecule has 0 aliphatic heterocycles. The Morgan fingerprint density at radius 3 is 2.48 bits per heavy atom. The molecule has 0 aromatic heterocycles. The molecule has 3 rings (SSSR count). The van der Waals surface area contributed by atoms with Crippen LogP contribution < -0.4 is 4.74 Å². The largest absolute Gasteiger partial charge is 0.496 e. The minimum Gasteiger partial charge on any atom is -0.496 e. The number of para-hydroxylation sites is 1. The van der Waals surface area contributed by atoms with Gasteiger partial charge in [0.05, 0.1) is 7.11 Å². The van der Waals surface area contributed by atoms with Gasteiger partial charge in [-0.25, -0.2) is 0 Å². The molecule has 106 valence electrons. The van der Waals surface area contributed by atoms with Crippen LogP contribution in [0.3, 0.4) is 0 Å². The van der Waals surface area contributed by atoms with Crippen molar-refractivity contribution >= 4 is 11.4 Å². The summed E-state index contributed by atoms with van der Waals surface area (Å²) >= 11 is 0. The highest BCUT2D eigenvalue weighted by Gasteiger charge is 2.26. The Morgan fingerprint density at radius 2 is 1.71 bits per heavy atom. The lowest BCUT2D eigenvalue weighted by Crippen LogP contribution is -2.13. The van der Waals surface area contributed by atoms with E-state index >= 15 is 0 Å². The first-order valence-electron chi connectivity index (χ1n) is 7.22. The molecule has 2 aromatic rings. The third-order valence-electron chi connectivity index (χ3n) is 3.99. The minimum atomic E-state index is 0.208. The van der Waals surface area contributed by atoms with E-state index in [0.29, 0.717) is 6.42 Å². The van der Waals surface area contributed by atoms with Crippen LogP contribution in [0.2, 0.25) is 0 Å². The second-order valence-electron chi connectivity index (χ2n) is 5.27. The summed E-state index contributed by atoms with van der Waals surface area (Å²) in [6.45, 7) is 0. The summed E-state index contributed by atoms with van der Waals surface area (Å²) in [6, 6.07) is 18.2. The maximum atomic E-state index is 11.9. The average molecular weight is 278 g/mol. The van der Waals surface area contributed by atoms with E-state index in [1.165, 1.54) is 0 Å². The van der Waals surface area contributed by atoms with Crippen LogP contribution in [0.5, 0.6) is 5.75 Å². The van der Waals surface area contributed by atoms with Gasteiger partial charge in [-0.2, -0.15) is 0 Å². The van der Waals surface area contributed by atoms with Gasteiger partial charge in [0.25, 0.3) is 0 Å². The van der Waals surface area contributed by atoms with Crippen molar-refractivity contribution in [3.63, 3.8) is 0 Å². The second kappa shape index (κ2) is 5.96. The van der Waals surface area contributed by atoms with Crippen molar-refractivity contribution in [2.24, 2.45) is 0 Å². The van der Waals surface area contributed by atoms with Gasteiger partial charge < -0.3 is 4.74 Å². The summed E-state index contributed by atoms with van der Waals surface area (Å²) in [5, 5.41) is 0. The minimum absolute atomic E-state index is 0.208. The fraction of sp³-hybridized carbons (Fsp3) is 0.211. The quantitative estimate of drug-likeness (QED) is 0.840. The number of ether oxygens (including phenoxy) is 1. The lowest BCUT2D eigenvalue weighted by atomic mass is 9.79. The molecule has 0 radical (unpaired) electrons. The van der Waals surface area contributed by atoms with Crippen LogP contribution in [0, 0.1) is 0 Å². The second-order valence-corrected chi connectivity index (χ2v) is 5.27. The van der Waals surface area contributed by atoms with Crippen LogP contribution in [0.15, 0.2) is 60.7 Å². The van der Waals surface area contributed by atoms with Gasteiger partial charge in [-0.1, -0.05) is 48.5 Å².